The fourth-order valence-electron chi connectivity index (χ4n) is 4.81. The summed E-state index contributed by atoms with van der Waals surface area (Å²) in [5.41, 5.74) is 4.44. The van der Waals surface area contributed by atoms with Crippen molar-refractivity contribution in [2.45, 2.75) is 32.1 Å². The van der Waals surface area contributed by atoms with E-state index in [1.54, 1.807) is 12.1 Å². The molecule has 1 N–H and O–H groups in total. The average molecular weight is 516 g/mol. The first kappa shape index (κ1) is 26.4. The Hall–Kier alpha value is -3.68. The highest BCUT2D eigenvalue weighted by atomic mass is 32.2. The molecule has 0 bridgehead atoms. The minimum atomic E-state index is -2.52. The van der Waals surface area contributed by atoms with Gasteiger partial charge in [-0.05, 0) is 61.1 Å². The molecule has 0 radical (unpaired) electrons. The van der Waals surface area contributed by atoms with E-state index in [9.17, 15) is 18.7 Å². The minimum absolute atomic E-state index is 0.355. The Balaban J connectivity index is 1.54. The second-order valence-corrected chi connectivity index (χ2v) is 10.0. The van der Waals surface area contributed by atoms with Crippen LogP contribution in [0.5, 0.6) is 0 Å². The number of unbranched alkanes of at least 4 members (excludes halogenated alkanes) is 2. The van der Waals surface area contributed by atoms with Gasteiger partial charge in [0.25, 0.3) is 0 Å². The van der Waals surface area contributed by atoms with Crippen molar-refractivity contribution in [1.82, 2.24) is 0 Å². The lowest BCUT2D eigenvalue weighted by atomic mass is 9.99. The SMILES string of the molecule is CN(C)c1cccc2c(N(c3ccccc3CCCCCc3ccccc3C(=O)O)S(=O)[O-])cccc12. The summed E-state index contributed by atoms with van der Waals surface area (Å²) in [6, 6.07) is 26.4. The number of para-hydroxylation sites is 1. The zero-order chi connectivity index (χ0) is 26.4. The molecular weight excluding hydrogens is 484 g/mol. The van der Waals surface area contributed by atoms with Crippen molar-refractivity contribution in [2.75, 3.05) is 23.3 Å². The number of hydrogen-bond acceptors (Lipinski definition) is 4. The van der Waals surface area contributed by atoms with Crippen LogP contribution in [0.1, 0.15) is 40.7 Å². The molecule has 0 fully saturated rings. The minimum Gasteiger partial charge on any atom is -0.755 e. The van der Waals surface area contributed by atoms with Crippen LogP contribution < -0.4 is 9.21 Å². The lowest BCUT2D eigenvalue weighted by molar-refractivity contribution is 0.0695. The van der Waals surface area contributed by atoms with E-state index in [1.165, 1.54) is 4.31 Å². The molecule has 0 amide bonds. The second kappa shape index (κ2) is 12.0. The Morgan fingerprint density at radius 2 is 1.27 bits per heavy atom. The van der Waals surface area contributed by atoms with Gasteiger partial charge in [-0.25, -0.2) is 4.79 Å². The van der Waals surface area contributed by atoms with E-state index in [0.29, 0.717) is 23.4 Å². The molecule has 0 spiro atoms. The first-order valence-electron chi connectivity index (χ1n) is 12.4. The Labute approximate surface area is 220 Å². The number of carbonyl (C=O) groups is 1. The van der Waals surface area contributed by atoms with Gasteiger partial charge in [0.1, 0.15) is 0 Å². The molecular formula is C30H31N2O4S-. The molecule has 0 aromatic heterocycles. The third kappa shape index (κ3) is 6.01. The number of anilines is 3. The highest BCUT2D eigenvalue weighted by Crippen LogP contribution is 2.38. The molecule has 37 heavy (non-hydrogen) atoms. The van der Waals surface area contributed by atoms with Crippen LogP contribution in [0, 0.1) is 0 Å². The van der Waals surface area contributed by atoms with Gasteiger partial charge in [-0.3, -0.25) is 8.51 Å². The monoisotopic (exact) mass is 515 g/mol. The van der Waals surface area contributed by atoms with Crippen LogP contribution in [-0.4, -0.2) is 33.9 Å². The van der Waals surface area contributed by atoms with Crippen molar-refractivity contribution in [2.24, 2.45) is 0 Å². The van der Waals surface area contributed by atoms with Crippen LogP contribution in [0.2, 0.25) is 0 Å². The number of carboxylic acid groups (broad SMARTS) is 1. The van der Waals surface area contributed by atoms with Gasteiger partial charge in [-0.15, -0.1) is 0 Å². The van der Waals surface area contributed by atoms with E-state index in [2.05, 4.69) is 0 Å². The van der Waals surface area contributed by atoms with Crippen molar-refractivity contribution < 1.29 is 18.7 Å². The Morgan fingerprint density at radius 3 is 1.92 bits per heavy atom. The molecule has 0 aliphatic heterocycles. The smallest absolute Gasteiger partial charge is 0.335 e. The van der Waals surface area contributed by atoms with E-state index in [-0.39, 0.29) is 0 Å². The van der Waals surface area contributed by atoms with E-state index in [1.807, 2.05) is 91.8 Å². The normalized spacial score (nSPS) is 11.9. The quantitative estimate of drug-likeness (QED) is 0.182. The van der Waals surface area contributed by atoms with E-state index in [4.69, 9.17) is 0 Å². The van der Waals surface area contributed by atoms with Gasteiger partial charge >= 0.3 is 5.97 Å². The first-order chi connectivity index (χ1) is 17.9. The van der Waals surface area contributed by atoms with Crippen molar-refractivity contribution in [3.8, 4) is 0 Å². The Bertz CT molecular complexity index is 1420. The molecule has 0 saturated heterocycles. The fraction of sp³-hybridized carbons (Fsp3) is 0.233. The lowest BCUT2D eigenvalue weighted by Gasteiger charge is -2.30. The summed E-state index contributed by atoms with van der Waals surface area (Å²) in [5.74, 6) is -0.902. The molecule has 0 heterocycles. The zero-order valence-electron chi connectivity index (χ0n) is 21.1. The van der Waals surface area contributed by atoms with Crippen molar-refractivity contribution in [1.29, 1.82) is 0 Å². The number of aryl methyl sites for hydroxylation is 2. The van der Waals surface area contributed by atoms with Gasteiger partial charge < -0.3 is 14.6 Å². The predicted octanol–water partition coefficient (Wildman–Crippen LogP) is 6.49. The zero-order valence-corrected chi connectivity index (χ0v) is 21.9. The molecule has 1 atom stereocenters. The highest BCUT2D eigenvalue weighted by molar-refractivity contribution is 7.81. The summed E-state index contributed by atoms with van der Waals surface area (Å²) < 4.78 is 26.6. The third-order valence-electron chi connectivity index (χ3n) is 6.58. The number of rotatable bonds is 11. The van der Waals surface area contributed by atoms with Crippen LogP contribution in [-0.2, 0) is 24.1 Å². The van der Waals surface area contributed by atoms with Gasteiger partial charge in [0.2, 0.25) is 0 Å². The molecule has 0 aliphatic rings. The molecule has 6 nitrogen and oxygen atoms in total. The molecule has 4 aromatic carbocycles. The maximum Gasteiger partial charge on any atom is 0.335 e. The summed E-state index contributed by atoms with van der Waals surface area (Å²) in [4.78, 5) is 13.5. The number of hydrogen-bond donors (Lipinski definition) is 1. The molecule has 192 valence electrons. The summed E-state index contributed by atoms with van der Waals surface area (Å²) in [7, 11) is 3.95. The summed E-state index contributed by atoms with van der Waals surface area (Å²) in [5, 5.41) is 11.2. The Morgan fingerprint density at radius 1 is 0.730 bits per heavy atom. The van der Waals surface area contributed by atoms with Gasteiger partial charge in [-0.2, -0.15) is 0 Å². The van der Waals surface area contributed by atoms with E-state index < -0.39 is 17.2 Å². The Kier molecular flexibility index (Phi) is 8.58. The van der Waals surface area contributed by atoms with Crippen LogP contribution in [0.15, 0.2) is 84.9 Å². The topological polar surface area (TPSA) is 83.9 Å². The van der Waals surface area contributed by atoms with Crippen LogP contribution in [0.25, 0.3) is 10.8 Å². The van der Waals surface area contributed by atoms with Crippen LogP contribution in [0.4, 0.5) is 17.1 Å². The number of fused-ring (bicyclic) bond motifs is 1. The van der Waals surface area contributed by atoms with E-state index >= 15 is 0 Å². The van der Waals surface area contributed by atoms with Gasteiger partial charge in [0.15, 0.2) is 0 Å². The number of nitrogens with zero attached hydrogens (tertiary/aromatic N) is 2. The lowest BCUT2D eigenvalue weighted by Crippen LogP contribution is -2.21. The largest absolute Gasteiger partial charge is 0.755 e. The van der Waals surface area contributed by atoms with Crippen LogP contribution in [0.3, 0.4) is 0 Å². The summed E-state index contributed by atoms with van der Waals surface area (Å²) in [6.07, 6.45) is 4.05. The molecule has 4 rings (SSSR count). The molecule has 4 aromatic rings. The summed E-state index contributed by atoms with van der Waals surface area (Å²) >= 11 is -2.52. The maximum atomic E-state index is 12.6. The number of benzene rings is 4. The first-order valence-corrected chi connectivity index (χ1v) is 13.4. The molecule has 0 aliphatic carbocycles. The molecule has 7 heteroatoms. The predicted molar refractivity (Wildman–Crippen MR) is 150 cm³/mol. The van der Waals surface area contributed by atoms with Crippen LogP contribution >= 0.6 is 0 Å². The van der Waals surface area contributed by atoms with Crippen molar-refractivity contribution in [3.05, 3.63) is 102 Å². The van der Waals surface area contributed by atoms with Gasteiger partial charge in [0.05, 0.1) is 28.2 Å². The molecule has 0 saturated carbocycles. The number of carboxylic acids is 1. The maximum absolute atomic E-state index is 12.6. The van der Waals surface area contributed by atoms with Gasteiger partial charge in [-0.1, -0.05) is 67.1 Å². The summed E-state index contributed by atoms with van der Waals surface area (Å²) in [6.45, 7) is 0. The average Bonchev–Trinajstić information content (AvgIpc) is 2.89. The van der Waals surface area contributed by atoms with Crippen molar-refractivity contribution in [3.63, 3.8) is 0 Å². The standard InChI is InChI=1S/C30H32N2O4S/c1-31(2)28-20-10-18-26-25(28)17-11-21-29(26)32(37(35)36)27-19-9-7-15-23(27)14-5-3-4-12-22-13-6-8-16-24(22)30(33)34/h6-11,13,15-21H,3-5,12,14H2,1-2H3,(H,33,34)(H,35,36)/p-1. The van der Waals surface area contributed by atoms with Gasteiger partial charge in [0, 0.05) is 30.6 Å². The third-order valence-corrected chi connectivity index (χ3v) is 7.27. The number of aromatic carboxylic acids is 1. The molecule has 1 unspecified atom stereocenters. The second-order valence-electron chi connectivity index (χ2n) is 9.21. The fourth-order valence-corrected chi connectivity index (χ4v) is 5.47. The van der Waals surface area contributed by atoms with Crippen molar-refractivity contribution >= 4 is 45.1 Å². The highest BCUT2D eigenvalue weighted by Gasteiger charge is 2.18. The van der Waals surface area contributed by atoms with E-state index in [0.717, 1.165) is 53.3 Å².